The predicted molar refractivity (Wildman–Crippen MR) is 82.3 cm³/mol. The fourth-order valence-electron chi connectivity index (χ4n) is 2.50. The van der Waals surface area contributed by atoms with Gasteiger partial charge in [0.05, 0.1) is 14.2 Å². The molecule has 0 unspecified atom stereocenters. The first-order valence-electron chi connectivity index (χ1n) is 6.48. The summed E-state index contributed by atoms with van der Waals surface area (Å²) < 4.78 is 15.4. The Morgan fingerprint density at radius 2 is 1.82 bits per heavy atom. The topological polar surface area (TPSA) is 91.8 Å². The van der Waals surface area contributed by atoms with E-state index in [0.29, 0.717) is 16.5 Å². The quantitative estimate of drug-likeness (QED) is 0.443. The molecule has 0 fully saturated rings. The van der Waals surface area contributed by atoms with E-state index in [9.17, 15) is 9.59 Å². The van der Waals surface area contributed by atoms with Gasteiger partial charge in [-0.05, 0) is 6.07 Å². The molecule has 0 amide bonds. The highest BCUT2D eigenvalue weighted by atomic mass is 16.5. The Labute approximate surface area is 125 Å². The van der Waals surface area contributed by atoms with Crippen molar-refractivity contribution >= 4 is 33.4 Å². The van der Waals surface area contributed by atoms with Gasteiger partial charge in [-0.25, -0.2) is 9.59 Å². The number of carbonyl (C=O) groups excluding carboxylic acids is 1. The molecular weight excluding hydrogens is 286 g/mol. The Balaban J connectivity index is 2.60. The smallest absolute Gasteiger partial charge is 0.360 e. The van der Waals surface area contributed by atoms with Gasteiger partial charge >= 0.3 is 11.6 Å². The molecule has 3 aromatic rings. The van der Waals surface area contributed by atoms with Crippen molar-refractivity contribution in [2.24, 2.45) is 0 Å². The highest BCUT2D eigenvalue weighted by molar-refractivity contribution is 6.15. The van der Waals surface area contributed by atoms with Crippen molar-refractivity contribution in [3.8, 4) is 5.75 Å². The maximum absolute atomic E-state index is 12.0. The van der Waals surface area contributed by atoms with Crippen molar-refractivity contribution in [2.45, 2.75) is 0 Å². The Morgan fingerprint density at radius 1 is 1.14 bits per heavy atom. The fraction of sp³-hybridized carbons (Fsp3) is 0.125. The number of nitrogens with two attached hydrogens (primary N) is 1. The van der Waals surface area contributed by atoms with Gasteiger partial charge in [-0.15, -0.1) is 0 Å². The number of carbonyl (C=O) groups is 1. The molecule has 2 aromatic carbocycles. The summed E-state index contributed by atoms with van der Waals surface area (Å²) in [6.07, 6.45) is 0. The van der Waals surface area contributed by atoms with Crippen LogP contribution >= 0.6 is 0 Å². The lowest BCUT2D eigenvalue weighted by Crippen LogP contribution is -2.15. The normalized spacial score (nSPS) is 10.8. The molecule has 22 heavy (non-hydrogen) atoms. The molecule has 3 rings (SSSR count). The van der Waals surface area contributed by atoms with Gasteiger partial charge in [0.1, 0.15) is 22.6 Å². The van der Waals surface area contributed by atoms with Gasteiger partial charge in [-0.1, -0.05) is 24.3 Å². The molecule has 6 nitrogen and oxygen atoms in total. The summed E-state index contributed by atoms with van der Waals surface area (Å²) in [6, 6.07) is 8.87. The summed E-state index contributed by atoms with van der Waals surface area (Å²) in [6.45, 7) is 0. The second-order valence-corrected chi connectivity index (χ2v) is 4.67. The van der Waals surface area contributed by atoms with Crippen LogP contribution in [0.25, 0.3) is 21.7 Å². The average Bonchev–Trinajstić information content (AvgIpc) is 2.55. The predicted octanol–water partition coefficient (Wildman–Crippen LogP) is 2.32. The SMILES string of the molecule is COC(=O)c1c(N)c(=O)oc2c1cc(OC)c1ccccc12. The Bertz CT molecular complexity index is 958. The number of rotatable bonds is 2. The van der Waals surface area contributed by atoms with E-state index in [1.54, 1.807) is 18.2 Å². The fourth-order valence-corrected chi connectivity index (χ4v) is 2.50. The van der Waals surface area contributed by atoms with Crippen LogP contribution in [0.15, 0.2) is 39.5 Å². The van der Waals surface area contributed by atoms with Crippen molar-refractivity contribution in [2.75, 3.05) is 20.0 Å². The van der Waals surface area contributed by atoms with E-state index in [1.807, 2.05) is 12.1 Å². The molecule has 1 heterocycles. The minimum absolute atomic E-state index is 0.0159. The zero-order valence-corrected chi connectivity index (χ0v) is 12.0. The van der Waals surface area contributed by atoms with Gasteiger partial charge in [0.2, 0.25) is 0 Å². The van der Waals surface area contributed by atoms with Gasteiger partial charge in [-0.3, -0.25) is 0 Å². The van der Waals surface area contributed by atoms with Crippen LogP contribution in [0.1, 0.15) is 10.4 Å². The summed E-state index contributed by atoms with van der Waals surface area (Å²) in [7, 11) is 2.74. The van der Waals surface area contributed by atoms with Crippen molar-refractivity contribution < 1.29 is 18.7 Å². The monoisotopic (exact) mass is 299 g/mol. The zero-order chi connectivity index (χ0) is 15.9. The summed E-state index contributed by atoms with van der Waals surface area (Å²) in [4.78, 5) is 24.0. The average molecular weight is 299 g/mol. The third kappa shape index (κ3) is 1.88. The Hall–Kier alpha value is -3.02. The van der Waals surface area contributed by atoms with Crippen LogP contribution in [0, 0.1) is 0 Å². The molecule has 6 heteroatoms. The standard InChI is InChI=1S/C16H13NO5/c1-20-11-7-10-12(15(18)21-2)13(17)16(19)22-14(10)9-6-4-3-5-8(9)11/h3-7H,17H2,1-2H3. The van der Waals surface area contributed by atoms with Crippen LogP contribution in [-0.4, -0.2) is 20.2 Å². The molecule has 0 aliphatic carbocycles. The number of fused-ring (bicyclic) bond motifs is 3. The van der Waals surface area contributed by atoms with Crippen molar-refractivity contribution in [3.63, 3.8) is 0 Å². The molecule has 0 saturated carbocycles. The third-order valence-electron chi connectivity index (χ3n) is 3.52. The molecule has 0 aliphatic heterocycles. The molecule has 0 saturated heterocycles. The number of hydrogen-bond acceptors (Lipinski definition) is 6. The maximum Gasteiger partial charge on any atom is 0.360 e. The highest BCUT2D eigenvalue weighted by Gasteiger charge is 2.22. The molecule has 112 valence electrons. The van der Waals surface area contributed by atoms with E-state index in [4.69, 9.17) is 19.6 Å². The summed E-state index contributed by atoms with van der Waals surface area (Å²) in [5.74, 6) is -0.158. The second-order valence-electron chi connectivity index (χ2n) is 4.67. The number of esters is 1. The summed E-state index contributed by atoms with van der Waals surface area (Å²) >= 11 is 0. The van der Waals surface area contributed by atoms with Crippen LogP contribution in [0.5, 0.6) is 5.75 Å². The van der Waals surface area contributed by atoms with E-state index in [1.165, 1.54) is 14.2 Å². The van der Waals surface area contributed by atoms with Gasteiger partial charge < -0.3 is 19.6 Å². The largest absolute Gasteiger partial charge is 0.496 e. The van der Waals surface area contributed by atoms with Crippen molar-refractivity contribution in [1.82, 2.24) is 0 Å². The minimum atomic E-state index is -0.775. The molecule has 0 bridgehead atoms. The van der Waals surface area contributed by atoms with Crippen molar-refractivity contribution in [1.29, 1.82) is 0 Å². The van der Waals surface area contributed by atoms with Crippen LogP contribution in [0.3, 0.4) is 0 Å². The number of methoxy groups -OCH3 is 2. The van der Waals surface area contributed by atoms with Gasteiger partial charge in [0.15, 0.2) is 0 Å². The van der Waals surface area contributed by atoms with E-state index >= 15 is 0 Å². The maximum atomic E-state index is 12.0. The van der Waals surface area contributed by atoms with Crippen molar-refractivity contribution in [3.05, 3.63) is 46.3 Å². The minimum Gasteiger partial charge on any atom is -0.496 e. The molecule has 0 spiro atoms. The van der Waals surface area contributed by atoms with Crippen LogP contribution in [-0.2, 0) is 4.74 Å². The van der Waals surface area contributed by atoms with E-state index in [0.717, 1.165) is 5.39 Å². The van der Waals surface area contributed by atoms with Crippen LogP contribution in [0.2, 0.25) is 0 Å². The van der Waals surface area contributed by atoms with E-state index in [-0.39, 0.29) is 16.8 Å². The Morgan fingerprint density at radius 3 is 2.45 bits per heavy atom. The van der Waals surface area contributed by atoms with E-state index in [2.05, 4.69) is 0 Å². The number of hydrogen-bond donors (Lipinski definition) is 1. The molecular formula is C16H13NO5. The first kappa shape index (κ1) is 13.9. The lowest BCUT2D eigenvalue weighted by atomic mass is 10.0. The second kappa shape index (κ2) is 5.07. The number of anilines is 1. The Kier molecular flexibility index (Phi) is 3.21. The van der Waals surface area contributed by atoms with Crippen LogP contribution < -0.4 is 16.1 Å². The molecule has 2 N–H and O–H groups in total. The zero-order valence-electron chi connectivity index (χ0n) is 12.0. The van der Waals surface area contributed by atoms with Crippen LogP contribution in [0.4, 0.5) is 5.69 Å². The third-order valence-corrected chi connectivity index (χ3v) is 3.52. The number of benzene rings is 2. The lowest BCUT2D eigenvalue weighted by Gasteiger charge is -2.11. The highest BCUT2D eigenvalue weighted by Crippen LogP contribution is 2.35. The summed E-state index contributed by atoms with van der Waals surface area (Å²) in [5.41, 5.74) is 4.92. The number of nitrogen functional groups attached to an aromatic ring is 1. The molecule has 0 aliphatic rings. The van der Waals surface area contributed by atoms with Gasteiger partial charge in [0, 0.05) is 16.2 Å². The molecule has 0 atom stereocenters. The van der Waals surface area contributed by atoms with Gasteiger partial charge in [0.25, 0.3) is 0 Å². The van der Waals surface area contributed by atoms with Gasteiger partial charge in [-0.2, -0.15) is 0 Å². The van der Waals surface area contributed by atoms with E-state index < -0.39 is 11.6 Å². The number of ether oxygens (including phenoxy) is 2. The molecule has 0 radical (unpaired) electrons. The lowest BCUT2D eigenvalue weighted by molar-refractivity contribution is 0.0603. The molecule has 1 aromatic heterocycles. The summed E-state index contributed by atoms with van der Waals surface area (Å²) in [5, 5.41) is 1.79. The first-order chi connectivity index (χ1) is 10.6. The first-order valence-corrected chi connectivity index (χ1v) is 6.48.